The third-order valence-electron chi connectivity index (χ3n) is 3.88. The van der Waals surface area contributed by atoms with Crippen LogP contribution in [-0.2, 0) is 0 Å². The van der Waals surface area contributed by atoms with Crippen LogP contribution in [0.3, 0.4) is 0 Å². The summed E-state index contributed by atoms with van der Waals surface area (Å²) in [5.41, 5.74) is 1.52. The summed E-state index contributed by atoms with van der Waals surface area (Å²) in [6.45, 7) is 7.30. The fourth-order valence-electron chi connectivity index (χ4n) is 2.68. The quantitative estimate of drug-likeness (QED) is 0.902. The number of aliphatic hydroxyl groups is 1. The molecule has 1 fully saturated rings. The van der Waals surface area contributed by atoms with Crippen molar-refractivity contribution in [3.8, 4) is 0 Å². The number of aryl methyl sites for hydroxylation is 1. The predicted molar refractivity (Wildman–Crippen MR) is 73.1 cm³/mol. The highest BCUT2D eigenvalue weighted by Gasteiger charge is 2.27. The summed E-state index contributed by atoms with van der Waals surface area (Å²) in [6, 6.07) is 2.21. The molecule has 1 amide bonds. The second-order valence-electron chi connectivity index (χ2n) is 5.28. The Labute approximate surface area is 114 Å². The van der Waals surface area contributed by atoms with E-state index < -0.39 is 0 Å². The van der Waals surface area contributed by atoms with E-state index in [-0.39, 0.29) is 12.0 Å². The van der Waals surface area contributed by atoms with Crippen molar-refractivity contribution < 1.29 is 9.90 Å². The third-order valence-corrected chi connectivity index (χ3v) is 3.88. The second kappa shape index (κ2) is 5.74. The van der Waals surface area contributed by atoms with Crippen LogP contribution in [0.15, 0.2) is 6.07 Å². The smallest absolute Gasteiger partial charge is 0.274 e. The molecular formula is C14H23N3O2. The summed E-state index contributed by atoms with van der Waals surface area (Å²) >= 11 is 0. The number of rotatable bonds is 4. The average molecular weight is 265 g/mol. The van der Waals surface area contributed by atoms with E-state index in [4.69, 9.17) is 0 Å². The van der Waals surface area contributed by atoms with Crippen molar-refractivity contribution in [3.63, 3.8) is 0 Å². The van der Waals surface area contributed by atoms with Gasteiger partial charge in [0.1, 0.15) is 0 Å². The van der Waals surface area contributed by atoms with Gasteiger partial charge in [0.05, 0.1) is 12.1 Å². The van der Waals surface area contributed by atoms with Gasteiger partial charge in [0, 0.05) is 18.8 Å². The van der Waals surface area contributed by atoms with Crippen molar-refractivity contribution in [2.24, 2.45) is 0 Å². The van der Waals surface area contributed by atoms with Gasteiger partial charge in [-0.3, -0.25) is 9.48 Å². The van der Waals surface area contributed by atoms with E-state index in [0.717, 1.165) is 18.5 Å². The topological polar surface area (TPSA) is 58.4 Å². The average Bonchev–Trinajstić information content (AvgIpc) is 2.98. The summed E-state index contributed by atoms with van der Waals surface area (Å²) in [4.78, 5) is 14.0. The van der Waals surface area contributed by atoms with Crippen LogP contribution in [0.5, 0.6) is 0 Å². The molecule has 0 spiro atoms. The van der Waals surface area contributed by atoms with Crippen LogP contribution in [0.1, 0.15) is 55.3 Å². The minimum absolute atomic E-state index is 0.0654. The first-order valence-corrected chi connectivity index (χ1v) is 7.10. The number of aliphatic hydroxyl groups excluding tert-OH is 1. The van der Waals surface area contributed by atoms with E-state index in [0.29, 0.717) is 31.2 Å². The Hall–Kier alpha value is -1.36. The fraction of sp³-hybridized carbons (Fsp3) is 0.714. The van der Waals surface area contributed by atoms with Gasteiger partial charge in [0.25, 0.3) is 5.91 Å². The van der Waals surface area contributed by atoms with Crippen LogP contribution in [0.4, 0.5) is 0 Å². The molecule has 0 aromatic carbocycles. The van der Waals surface area contributed by atoms with Gasteiger partial charge in [-0.2, -0.15) is 5.10 Å². The van der Waals surface area contributed by atoms with Gasteiger partial charge in [0.2, 0.25) is 0 Å². The minimum Gasteiger partial charge on any atom is -0.391 e. The summed E-state index contributed by atoms with van der Waals surface area (Å²) < 4.78 is 1.96. The van der Waals surface area contributed by atoms with E-state index in [9.17, 15) is 9.90 Å². The number of hydrogen-bond acceptors (Lipinski definition) is 3. The van der Waals surface area contributed by atoms with Crippen molar-refractivity contribution >= 4 is 5.91 Å². The zero-order chi connectivity index (χ0) is 14.0. The highest BCUT2D eigenvalue weighted by molar-refractivity contribution is 5.92. The number of carbonyl (C=O) groups excluding carboxylic acids is 1. The first kappa shape index (κ1) is 14.1. The first-order valence-electron chi connectivity index (χ1n) is 7.10. The van der Waals surface area contributed by atoms with Gasteiger partial charge in [-0.25, -0.2) is 0 Å². The van der Waals surface area contributed by atoms with Crippen molar-refractivity contribution in [2.75, 3.05) is 13.1 Å². The second-order valence-corrected chi connectivity index (χ2v) is 5.28. The lowest BCUT2D eigenvalue weighted by atomic mass is 10.2. The van der Waals surface area contributed by atoms with E-state index in [2.05, 4.69) is 18.9 Å². The van der Waals surface area contributed by atoms with Crippen LogP contribution >= 0.6 is 0 Å². The SMILES string of the molecule is CCC(CC)n1nc(C(=O)N2CC[C@@H](O)C2)cc1C. The molecule has 2 rings (SSSR count). The van der Waals surface area contributed by atoms with Gasteiger partial charge in [0.15, 0.2) is 5.69 Å². The highest BCUT2D eigenvalue weighted by atomic mass is 16.3. The summed E-state index contributed by atoms with van der Waals surface area (Å²) in [5.74, 6) is -0.0654. The van der Waals surface area contributed by atoms with Crippen molar-refractivity contribution in [3.05, 3.63) is 17.5 Å². The van der Waals surface area contributed by atoms with E-state index in [1.165, 1.54) is 0 Å². The Bertz CT molecular complexity index is 452. The molecule has 1 atom stereocenters. The van der Waals surface area contributed by atoms with Gasteiger partial charge in [-0.15, -0.1) is 0 Å². The molecular weight excluding hydrogens is 242 g/mol. The molecule has 5 heteroatoms. The van der Waals surface area contributed by atoms with Crippen molar-refractivity contribution in [1.29, 1.82) is 0 Å². The van der Waals surface area contributed by atoms with Crippen molar-refractivity contribution in [1.82, 2.24) is 14.7 Å². The number of β-amino-alcohol motifs (C(OH)–C–C–N with tert-alkyl or cyclic N) is 1. The molecule has 1 aromatic heterocycles. The lowest BCUT2D eigenvalue weighted by molar-refractivity contribution is 0.0758. The van der Waals surface area contributed by atoms with Gasteiger partial charge in [-0.05, 0) is 32.3 Å². The minimum atomic E-state index is -0.383. The molecule has 0 aliphatic carbocycles. The number of likely N-dealkylation sites (tertiary alicyclic amines) is 1. The maximum Gasteiger partial charge on any atom is 0.274 e. The number of hydrogen-bond donors (Lipinski definition) is 1. The molecule has 1 aliphatic heterocycles. The lowest BCUT2D eigenvalue weighted by Crippen LogP contribution is -2.30. The Morgan fingerprint density at radius 2 is 2.21 bits per heavy atom. The molecule has 5 nitrogen and oxygen atoms in total. The zero-order valence-electron chi connectivity index (χ0n) is 12.0. The van der Waals surface area contributed by atoms with E-state index in [1.807, 2.05) is 17.7 Å². The summed E-state index contributed by atoms with van der Waals surface area (Å²) in [7, 11) is 0. The maximum atomic E-state index is 12.3. The number of carbonyl (C=O) groups is 1. The van der Waals surface area contributed by atoms with Gasteiger partial charge < -0.3 is 10.0 Å². The molecule has 1 saturated heterocycles. The normalized spacial score (nSPS) is 19.4. The maximum absolute atomic E-state index is 12.3. The van der Waals surface area contributed by atoms with Crippen LogP contribution in [0.2, 0.25) is 0 Å². The van der Waals surface area contributed by atoms with E-state index >= 15 is 0 Å². The van der Waals surface area contributed by atoms with Crippen molar-refractivity contribution in [2.45, 2.75) is 52.2 Å². The highest BCUT2D eigenvalue weighted by Crippen LogP contribution is 2.19. The fourth-order valence-corrected chi connectivity index (χ4v) is 2.68. The Morgan fingerprint density at radius 1 is 1.53 bits per heavy atom. The first-order chi connectivity index (χ1) is 9.06. The molecule has 19 heavy (non-hydrogen) atoms. The largest absolute Gasteiger partial charge is 0.391 e. The molecule has 0 radical (unpaired) electrons. The Balaban J connectivity index is 2.17. The predicted octanol–water partition coefficient (Wildman–Crippen LogP) is 1.76. The van der Waals surface area contributed by atoms with Crippen LogP contribution in [0, 0.1) is 6.92 Å². The zero-order valence-corrected chi connectivity index (χ0v) is 12.0. The standard InChI is InChI=1S/C14H23N3O2/c1-4-11(5-2)17-10(3)8-13(15-17)14(19)16-7-6-12(18)9-16/h8,11-12,18H,4-7,9H2,1-3H3/t12-/m1/s1. The third kappa shape index (κ3) is 2.81. The van der Waals surface area contributed by atoms with Crippen LogP contribution in [-0.4, -0.2) is 44.9 Å². The number of nitrogens with zero attached hydrogens (tertiary/aromatic N) is 3. The molecule has 0 unspecified atom stereocenters. The van der Waals surface area contributed by atoms with E-state index in [1.54, 1.807) is 4.90 Å². The Kier molecular flexibility index (Phi) is 4.24. The lowest BCUT2D eigenvalue weighted by Gasteiger charge is -2.15. The van der Waals surface area contributed by atoms with Crippen LogP contribution < -0.4 is 0 Å². The van der Waals surface area contributed by atoms with Crippen LogP contribution in [0.25, 0.3) is 0 Å². The molecule has 1 N–H and O–H groups in total. The molecule has 106 valence electrons. The number of aromatic nitrogens is 2. The molecule has 2 heterocycles. The van der Waals surface area contributed by atoms with Gasteiger partial charge in [-0.1, -0.05) is 13.8 Å². The Morgan fingerprint density at radius 3 is 2.74 bits per heavy atom. The molecule has 1 aromatic rings. The van der Waals surface area contributed by atoms with Gasteiger partial charge >= 0.3 is 0 Å². The molecule has 0 bridgehead atoms. The monoisotopic (exact) mass is 265 g/mol. The number of amides is 1. The summed E-state index contributed by atoms with van der Waals surface area (Å²) in [5, 5.41) is 14.0. The molecule has 0 saturated carbocycles. The summed E-state index contributed by atoms with van der Waals surface area (Å²) in [6.07, 6.45) is 2.30. The molecule has 1 aliphatic rings.